The second kappa shape index (κ2) is 7.01. The van der Waals surface area contributed by atoms with Crippen molar-refractivity contribution in [1.29, 1.82) is 0 Å². The van der Waals surface area contributed by atoms with Crippen LogP contribution >= 0.6 is 15.9 Å². The third-order valence-corrected chi connectivity index (χ3v) is 4.54. The van der Waals surface area contributed by atoms with Gasteiger partial charge in [-0.2, -0.15) is 0 Å². The molecule has 0 saturated carbocycles. The van der Waals surface area contributed by atoms with Gasteiger partial charge < -0.3 is 10.4 Å². The van der Waals surface area contributed by atoms with Crippen molar-refractivity contribution in [3.8, 4) is 5.75 Å². The maximum atomic E-state index is 13.7. The zero-order valence-corrected chi connectivity index (χ0v) is 14.3. The largest absolute Gasteiger partial charge is 0.507 e. The Morgan fingerprint density at radius 2 is 1.75 bits per heavy atom. The first-order valence-electron chi connectivity index (χ1n) is 7.45. The lowest BCUT2D eigenvalue weighted by molar-refractivity contribution is -0.115. The molecule has 122 valence electrons. The van der Waals surface area contributed by atoms with E-state index in [1.807, 2.05) is 6.07 Å². The van der Waals surface area contributed by atoms with E-state index in [1.54, 1.807) is 48.5 Å². The highest BCUT2D eigenvalue weighted by molar-refractivity contribution is 9.10. The number of anilines is 1. The van der Waals surface area contributed by atoms with Gasteiger partial charge in [-0.25, -0.2) is 4.39 Å². The third-order valence-electron chi connectivity index (χ3n) is 3.80. The van der Waals surface area contributed by atoms with Crippen LogP contribution in [-0.2, 0) is 11.2 Å². The van der Waals surface area contributed by atoms with Crippen LogP contribution in [0.3, 0.4) is 0 Å². The van der Waals surface area contributed by atoms with Crippen LogP contribution in [-0.4, -0.2) is 15.8 Å². The molecular formula is C19H15BrFNO2. The van der Waals surface area contributed by atoms with Crippen LogP contribution in [0.5, 0.6) is 5.75 Å². The molecule has 3 aromatic rings. The van der Waals surface area contributed by atoms with E-state index >= 15 is 0 Å². The summed E-state index contributed by atoms with van der Waals surface area (Å²) in [6, 6.07) is 16.8. The van der Waals surface area contributed by atoms with Crippen molar-refractivity contribution in [1.82, 2.24) is 0 Å². The lowest BCUT2D eigenvalue weighted by Crippen LogP contribution is -2.25. The number of carbonyl (C=O) groups is 1. The molecule has 3 nitrogen and oxygen atoms in total. The van der Waals surface area contributed by atoms with Gasteiger partial charge >= 0.3 is 0 Å². The van der Waals surface area contributed by atoms with Crippen molar-refractivity contribution in [2.45, 2.75) is 11.2 Å². The molecule has 0 radical (unpaired) electrons. The fourth-order valence-corrected chi connectivity index (χ4v) is 3.03. The van der Waals surface area contributed by atoms with Crippen LogP contribution in [0.4, 0.5) is 10.1 Å². The average molecular weight is 388 g/mol. The molecule has 2 N–H and O–H groups in total. The Hall–Kier alpha value is -2.40. The number of hydrogen-bond donors (Lipinski definition) is 2. The van der Waals surface area contributed by atoms with Crippen molar-refractivity contribution in [2.24, 2.45) is 0 Å². The molecule has 3 rings (SSSR count). The zero-order valence-electron chi connectivity index (χ0n) is 12.7. The van der Waals surface area contributed by atoms with E-state index in [9.17, 15) is 14.3 Å². The maximum Gasteiger partial charge on any atom is 0.238 e. The summed E-state index contributed by atoms with van der Waals surface area (Å²) in [5.74, 6) is -0.440. The van der Waals surface area contributed by atoms with Gasteiger partial charge in [0.1, 0.15) is 11.6 Å². The van der Waals surface area contributed by atoms with Crippen molar-refractivity contribution in [2.75, 3.05) is 5.32 Å². The number of phenols is 1. The lowest BCUT2D eigenvalue weighted by atomic mass is 10.1. The molecule has 0 heterocycles. The minimum absolute atomic E-state index is 0.158. The number of alkyl halides is 1. The summed E-state index contributed by atoms with van der Waals surface area (Å²) in [7, 11) is 0. The lowest BCUT2D eigenvalue weighted by Gasteiger charge is -2.13. The molecule has 0 saturated heterocycles. The number of amides is 1. The summed E-state index contributed by atoms with van der Waals surface area (Å²) in [6.07, 6.45) is 0.245. The molecule has 5 heteroatoms. The second-order valence-electron chi connectivity index (χ2n) is 5.43. The number of nitrogens with one attached hydrogen (secondary N) is 1. The normalized spacial score (nSPS) is 12.1. The minimum Gasteiger partial charge on any atom is -0.507 e. The fraction of sp³-hybridized carbons (Fsp3) is 0.105. The summed E-state index contributed by atoms with van der Waals surface area (Å²) in [5.41, 5.74) is 1.08. The molecule has 1 unspecified atom stereocenters. The van der Waals surface area contributed by atoms with E-state index in [2.05, 4.69) is 21.2 Å². The molecule has 0 aliphatic rings. The topological polar surface area (TPSA) is 49.3 Å². The van der Waals surface area contributed by atoms with Crippen LogP contribution < -0.4 is 5.32 Å². The van der Waals surface area contributed by atoms with Crippen LogP contribution in [0, 0.1) is 5.82 Å². The molecule has 3 aromatic carbocycles. The molecule has 1 amide bonds. The van der Waals surface area contributed by atoms with Crippen LogP contribution in [0.25, 0.3) is 10.8 Å². The van der Waals surface area contributed by atoms with E-state index in [0.717, 1.165) is 5.39 Å². The smallest absolute Gasteiger partial charge is 0.238 e. The highest BCUT2D eigenvalue weighted by Crippen LogP contribution is 2.30. The summed E-state index contributed by atoms with van der Waals surface area (Å²) >= 11 is 3.32. The van der Waals surface area contributed by atoms with Gasteiger partial charge in [-0.15, -0.1) is 0 Å². The maximum absolute atomic E-state index is 13.7. The predicted octanol–water partition coefficient (Wildman–Crippen LogP) is 4.63. The van der Waals surface area contributed by atoms with E-state index in [-0.39, 0.29) is 23.9 Å². The number of hydrogen-bond acceptors (Lipinski definition) is 2. The summed E-state index contributed by atoms with van der Waals surface area (Å²) in [6.45, 7) is 0. The fourth-order valence-electron chi connectivity index (χ4n) is 2.56. The Labute approximate surface area is 147 Å². The number of aromatic hydroxyl groups is 1. The number of halogens is 2. The van der Waals surface area contributed by atoms with Gasteiger partial charge in [-0.1, -0.05) is 58.4 Å². The Balaban J connectivity index is 1.80. The highest BCUT2D eigenvalue weighted by atomic mass is 79.9. The van der Waals surface area contributed by atoms with Gasteiger partial charge in [0.25, 0.3) is 0 Å². The van der Waals surface area contributed by atoms with Gasteiger partial charge in [0.2, 0.25) is 5.91 Å². The van der Waals surface area contributed by atoms with Crippen LogP contribution in [0.1, 0.15) is 5.56 Å². The Morgan fingerprint density at radius 1 is 1.04 bits per heavy atom. The molecule has 0 bridgehead atoms. The number of benzene rings is 3. The highest BCUT2D eigenvalue weighted by Gasteiger charge is 2.18. The first kappa shape index (κ1) is 16.5. The minimum atomic E-state index is -0.568. The quantitative estimate of drug-likeness (QED) is 0.641. The van der Waals surface area contributed by atoms with E-state index in [1.165, 1.54) is 6.07 Å². The second-order valence-corrected chi connectivity index (χ2v) is 6.54. The zero-order chi connectivity index (χ0) is 17.1. The molecule has 0 aromatic heterocycles. The van der Waals surface area contributed by atoms with Gasteiger partial charge in [0, 0.05) is 16.5 Å². The number of rotatable bonds is 4. The molecule has 24 heavy (non-hydrogen) atoms. The molecule has 0 aliphatic heterocycles. The van der Waals surface area contributed by atoms with Crippen molar-refractivity contribution < 1.29 is 14.3 Å². The standard InChI is InChI=1S/C19H15BrFNO2/c20-15(11-12-5-1-2-8-16(12)21)19(24)22-17-9-3-7-14-13(17)6-4-10-18(14)23/h1-10,15,23H,11H2,(H,22,24). The monoisotopic (exact) mass is 387 g/mol. The van der Waals surface area contributed by atoms with Gasteiger partial charge in [0.15, 0.2) is 0 Å². The van der Waals surface area contributed by atoms with E-state index in [4.69, 9.17) is 0 Å². The van der Waals surface area contributed by atoms with Crippen molar-refractivity contribution in [3.63, 3.8) is 0 Å². The molecule has 1 atom stereocenters. The van der Waals surface area contributed by atoms with Gasteiger partial charge in [0.05, 0.1) is 4.83 Å². The summed E-state index contributed by atoms with van der Waals surface area (Å²) in [4.78, 5) is 11.8. The molecule has 0 fully saturated rings. The molecule has 0 spiro atoms. The SMILES string of the molecule is O=C(Nc1cccc2c(O)cccc12)C(Br)Cc1ccccc1F. The Bertz CT molecular complexity index is 897. The summed E-state index contributed by atoms with van der Waals surface area (Å²) < 4.78 is 13.7. The first-order valence-corrected chi connectivity index (χ1v) is 8.37. The van der Waals surface area contributed by atoms with E-state index < -0.39 is 4.83 Å². The first-order chi connectivity index (χ1) is 11.6. The van der Waals surface area contributed by atoms with Crippen LogP contribution in [0.2, 0.25) is 0 Å². The Kier molecular flexibility index (Phi) is 4.81. The van der Waals surface area contributed by atoms with Gasteiger partial charge in [-0.3, -0.25) is 4.79 Å². The predicted molar refractivity (Wildman–Crippen MR) is 97.1 cm³/mol. The van der Waals surface area contributed by atoms with Crippen LogP contribution in [0.15, 0.2) is 60.7 Å². The average Bonchev–Trinajstić information content (AvgIpc) is 2.58. The van der Waals surface area contributed by atoms with Crippen molar-refractivity contribution >= 4 is 38.3 Å². The Morgan fingerprint density at radius 3 is 2.54 bits per heavy atom. The third kappa shape index (κ3) is 3.41. The van der Waals surface area contributed by atoms with E-state index in [0.29, 0.717) is 16.6 Å². The number of phenolic OH excluding ortho intramolecular Hbond substituents is 1. The number of carbonyl (C=O) groups excluding carboxylic acids is 1. The van der Waals surface area contributed by atoms with Gasteiger partial charge in [-0.05, 0) is 30.2 Å². The molecule has 0 aliphatic carbocycles. The van der Waals surface area contributed by atoms with Crippen molar-refractivity contribution in [3.05, 3.63) is 72.0 Å². The number of fused-ring (bicyclic) bond motifs is 1. The summed E-state index contributed by atoms with van der Waals surface area (Å²) in [5, 5.41) is 14.1. The molecular weight excluding hydrogens is 373 g/mol.